The summed E-state index contributed by atoms with van der Waals surface area (Å²) in [6.07, 6.45) is -4.50. The highest BCUT2D eigenvalue weighted by Crippen LogP contribution is 2.50. The second-order valence-corrected chi connectivity index (χ2v) is 17.3. The average molecular weight is 923 g/mol. The molecule has 2 aromatic heterocycles. The highest BCUT2D eigenvalue weighted by atomic mass is 31.2. The number of ether oxygens (including phenoxy) is 5. The van der Waals surface area contributed by atoms with E-state index in [-0.39, 0.29) is 36.1 Å². The number of aromatic amines is 2. The summed E-state index contributed by atoms with van der Waals surface area (Å²) in [7, 11) is -3.53. The molecule has 7 atom stereocenters. The molecule has 4 heterocycles. The number of nitrogens with zero attached hydrogens (tertiary/aromatic N) is 2. The van der Waals surface area contributed by atoms with Gasteiger partial charge in [0.15, 0.2) is 0 Å². The Hall–Kier alpha value is -6.50. The summed E-state index contributed by atoms with van der Waals surface area (Å²) < 4.78 is 58.7. The molecule has 3 N–H and O–H groups in total. The smallest absolute Gasteiger partial charge is 0.472 e. The second kappa shape index (κ2) is 19.5. The normalized spacial score (nSPS) is 21.6. The van der Waals surface area contributed by atoms with Gasteiger partial charge in [-0.3, -0.25) is 37.7 Å². The molecule has 0 amide bonds. The van der Waals surface area contributed by atoms with Gasteiger partial charge in [-0.25, -0.2) is 18.9 Å². The van der Waals surface area contributed by atoms with E-state index < -0.39 is 85.4 Å². The molecule has 2 aliphatic heterocycles. The molecule has 0 spiro atoms. The molecule has 18 nitrogen and oxygen atoms in total. The first-order valence-corrected chi connectivity index (χ1v) is 22.5. The van der Waals surface area contributed by atoms with Gasteiger partial charge in [0.05, 0.1) is 25.9 Å². The summed E-state index contributed by atoms with van der Waals surface area (Å²) >= 11 is 0. The maximum Gasteiger partial charge on any atom is 0.472 e. The number of phosphoric ester groups is 1. The van der Waals surface area contributed by atoms with Gasteiger partial charge in [-0.2, -0.15) is 0 Å². The Morgan fingerprint density at radius 1 is 0.697 bits per heavy atom. The lowest BCUT2D eigenvalue weighted by Gasteiger charge is -2.37. The van der Waals surface area contributed by atoms with Gasteiger partial charge in [-0.1, -0.05) is 91.0 Å². The number of methoxy groups -OCH3 is 1. The van der Waals surface area contributed by atoms with Crippen molar-refractivity contribution in [3.8, 4) is 5.75 Å². The van der Waals surface area contributed by atoms with Gasteiger partial charge >= 0.3 is 25.2 Å². The van der Waals surface area contributed by atoms with Gasteiger partial charge in [0.2, 0.25) is 0 Å². The molecule has 6 aromatic rings. The summed E-state index contributed by atoms with van der Waals surface area (Å²) in [6, 6.07) is 34.4. The fourth-order valence-electron chi connectivity index (χ4n) is 8.15. The van der Waals surface area contributed by atoms with Crippen LogP contribution in [-0.2, 0) is 38.2 Å². The molecular weight excluding hydrogens is 876 g/mol. The molecule has 344 valence electrons. The molecule has 0 bridgehead atoms. The lowest BCUT2D eigenvalue weighted by Crippen LogP contribution is -2.38. The van der Waals surface area contributed by atoms with Crippen LogP contribution < -0.4 is 27.2 Å². The van der Waals surface area contributed by atoms with Crippen LogP contribution in [0.15, 0.2) is 147 Å². The number of aryl methyl sites for hydroxylation is 2. The van der Waals surface area contributed by atoms with Crippen molar-refractivity contribution in [3.05, 3.63) is 203 Å². The third-order valence-corrected chi connectivity index (χ3v) is 12.5. The Labute approximate surface area is 376 Å². The number of carbonyl (C=O) groups excluding carboxylic acids is 1. The first-order chi connectivity index (χ1) is 31.7. The number of benzene rings is 4. The lowest BCUT2D eigenvalue weighted by atomic mass is 9.80. The van der Waals surface area contributed by atoms with Crippen LogP contribution in [0.3, 0.4) is 0 Å². The van der Waals surface area contributed by atoms with E-state index in [2.05, 4.69) is 9.97 Å². The van der Waals surface area contributed by atoms with E-state index in [1.165, 1.54) is 30.8 Å². The van der Waals surface area contributed by atoms with Crippen LogP contribution >= 0.6 is 7.82 Å². The van der Waals surface area contributed by atoms with E-state index in [4.69, 9.17) is 32.7 Å². The van der Waals surface area contributed by atoms with Crippen LogP contribution in [0.2, 0.25) is 0 Å². The monoisotopic (exact) mass is 922 g/mol. The maximum atomic E-state index is 14.1. The van der Waals surface area contributed by atoms with Gasteiger partial charge in [-0.05, 0) is 54.8 Å². The van der Waals surface area contributed by atoms with Crippen molar-refractivity contribution in [3.63, 3.8) is 0 Å². The highest BCUT2D eigenvalue weighted by Gasteiger charge is 2.47. The van der Waals surface area contributed by atoms with Crippen LogP contribution in [-0.4, -0.2) is 74.7 Å². The molecule has 0 radical (unpaired) electrons. The predicted molar refractivity (Wildman–Crippen MR) is 237 cm³/mol. The number of hydrogen-bond donors (Lipinski definition) is 3. The van der Waals surface area contributed by atoms with Crippen LogP contribution in [0.5, 0.6) is 5.75 Å². The number of phosphoric acid groups is 1. The van der Waals surface area contributed by atoms with Crippen molar-refractivity contribution >= 4 is 13.8 Å². The van der Waals surface area contributed by atoms with Crippen molar-refractivity contribution in [1.29, 1.82) is 0 Å². The predicted octanol–water partition coefficient (Wildman–Crippen LogP) is 5.02. The number of rotatable bonds is 16. The minimum Gasteiger partial charge on any atom is -0.497 e. The van der Waals surface area contributed by atoms with Gasteiger partial charge < -0.3 is 28.6 Å². The molecule has 66 heavy (non-hydrogen) atoms. The van der Waals surface area contributed by atoms with Gasteiger partial charge in [0.25, 0.3) is 11.1 Å². The number of hydrogen-bond acceptors (Lipinski definition) is 13. The first-order valence-electron chi connectivity index (χ1n) is 21.0. The largest absolute Gasteiger partial charge is 0.497 e. The zero-order chi connectivity index (χ0) is 46.6. The fourth-order valence-corrected chi connectivity index (χ4v) is 9.12. The molecule has 4 aromatic carbocycles. The number of H-pyrrole nitrogens is 2. The SMILES string of the molecule is COc1ccc(C(OC[C@H]2O[C@@H](n3cc(C)c(=O)[nH]c3=O)C[C@@H]2OP(=O)(O)OC[C@H]2O[C@@H](n3cc(C)c(=O)[nH]c3=O)C[C@@H]2OC(=O)c2ccccc2)(c2ccccc2)c2ccccc2)cc1. The van der Waals surface area contributed by atoms with E-state index in [9.17, 15) is 33.4 Å². The van der Waals surface area contributed by atoms with E-state index in [1.54, 1.807) is 49.6 Å². The van der Waals surface area contributed by atoms with Gasteiger partial charge in [-0.15, -0.1) is 0 Å². The summed E-state index contributed by atoms with van der Waals surface area (Å²) in [5, 5.41) is 0. The topological polar surface area (TPSA) is 229 Å². The van der Waals surface area contributed by atoms with Gasteiger partial charge in [0.1, 0.15) is 48.2 Å². The average Bonchev–Trinajstić information content (AvgIpc) is 3.92. The Kier molecular flexibility index (Phi) is 13.6. The summed E-state index contributed by atoms with van der Waals surface area (Å²) in [6.45, 7) is 2.09. The van der Waals surface area contributed by atoms with Crippen molar-refractivity contribution < 1.29 is 47.0 Å². The number of esters is 1. The van der Waals surface area contributed by atoms with E-state index in [0.717, 1.165) is 15.7 Å². The Balaban J connectivity index is 1.09. The molecule has 19 heteroatoms. The van der Waals surface area contributed by atoms with Crippen molar-refractivity contribution in [2.24, 2.45) is 0 Å². The third-order valence-electron chi connectivity index (χ3n) is 11.5. The minimum atomic E-state index is -5.09. The van der Waals surface area contributed by atoms with Crippen LogP contribution in [0.25, 0.3) is 0 Å². The van der Waals surface area contributed by atoms with Gasteiger partial charge in [0, 0.05) is 36.4 Å². The summed E-state index contributed by atoms with van der Waals surface area (Å²) in [5.41, 5.74) is -1.16. The van der Waals surface area contributed by atoms with Crippen molar-refractivity contribution in [1.82, 2.24) is 19.1 Å². The fraction of sp³-hybridized carbons (Fsp3) is 0.298. The van der Waals surface area contributed by atoms with Crippen LogP contribution in [0.1, 0.15) is 63.5 Å². The quantitative estimate of drug-likeness (QED) is 0.0658. The molecule has 2 fully saturated rings. The Bertz CT molecular complexity index is 2900. The molecule has 0 aliphatic carbocycles. The zero-order valence-corrected chi connectivity index (χ0v) is 36.9. The molecule has 2 aliphatic rings. The highest BCUT2D eigenvalue weighted by molar-refractivity contribution is 7.47. The number of nitrogens with one attached hydrogen (secondary N) is 2. The molecule has 8 rings (SSSR count). The van der Waals surface area contributed by atoms with Crippen molar-refractivity contribution in [2.45, 2.75) is 69.2 Å². The van der Waals surface area contributed by atoms with Crippen molar-refractivity contribution in [2.75, 3.05) is 20.3 Å². The second-order valence-electron chi connectivity index (χ2n) is 15.9. The molecule has 2 saturated heterocycles. The Morgan fingerprint density at radius 2 is 1.17 bits per heavy atom. The first kappa shape index (κ1) is 46.0. The van der Waals surface area contributed by atoms with Crippen LogP contribution in [0, 0.1) is 13.8 Å². The number of aromatic nitrogens is 4. The Morgan fingerprint density at radius 3 is 1.68 bits per heavy atom. The minimum absolute atomic E-state index is 0.0851. The maximum absolute atomic E-state index is 14.1. The molecular formula is C47H47N4O14P. The van der Waals surface area contributed by atoms with E-state index in [1.807, 2.05) is 72.8 Å². The van der Waals surface area contributed by atoms with E-state index >= 15 is 0 Å². The van der Waals surface area contributed by atoms with E-state index in [0.29, 0.717) is 11.3 Å². The molecule has 0 saturated carbocycles. The zero-order valence-electron chi connectivity index (χ0n) is 36.0. The number of carbonyl (C=O) groups is 1. The standard InChI is InChI=1S/C47H47N4O14P/c1-29-25-50(45(55)48-42(29)52)40-23-36(64-44(54)31-13-7-4-8-14-31)39(63-40)28-61-66(57,58)65-37-24-41(51-26-30(2)43(53)49-46(51)56)62-38(37)27-60-47(32-15-9-5-10-16-32,33-17-11-6-12-18-33)34-19-21-35(59-3)22-20-34/h4-22,25-26,36-41H,23-24,27-28H2,1-3H3,(H,57,58)(H,48,52,55)(H,49,53,56)/t36-,37-,38+,39+,40+,41+/m0/s1. The molecule has 1 unspecified atom stereocenters. The van der Waals surface area contributed by atoms with Crippen LogP contribution in [0.4, 0.5) is 0 Å². The lowest BCUT2D eigenvalue weighted by molar-refractivity contribution is -0.0953. The summed E-state index contributed by atoms with van der Waals surface area (Å²) in [5.74, 6) is -0.103. The summed E-state index contributed by atoms with van der Waals surface area (Å²) in [4.78, 5) is 79.7. The third kappa shape index (κ3) is 9.85.